The van der Waals surface area contributed by atoms with Crippen molar-refractivity contribution in [2.45, 2.75) is 19.3 Å². The van der Waals surface area contributed by atoms with Gasteiger partial charge in [0.1, 0.15) is 11.0 Å². The maximum atomic E-state index is 9.21. The molecule has 5 nitrogen and oxygen atoms in total. The number of rotatable bonds is 4. The Labute approximate surface area is 252 Å². The molecular formula is C35H23N5S2. The summed E-state index contributed by atoms with van der Waals surface area (Å²) >= 11 is 2.87. The minimum Gasteiger partial charge on any atom is -0.310 e. The van der Waals surface area contributed by atoms with E-state index in [1.54, 1.807) is 17.4 Å². The third-order valence-electron chi connectivity index (χ3n) is 7.87. The first-order valence-corrected chi connectivity index (χ1v) is 15.0. The fourth-order valence-electron chi connectivity index (χ4n) is 5.79. The summed E-state index contributed by atoms with van der Waals surface area (Å²) in [6.07, 6.45) is 1.58. The van der Waals surface area contributed by atoms with Crippen molar-refractivity contribution in [3.63, 3.8) is 0 Å². The van der Waals surface area contributed by atoms with Gasteiger partial charge in [-0.2, -0.15) is 8.75 Å². The van der Waals surface area contributed by atoms with Gasteiger partial charge in [-0.1, -0.05) is 68.4 Å². The number of aromatic nitrogens is 2. The van der Waals surface area contributed by atoms with Crippen LogP contribution in [0.3, 0.4) is 0 Å². The molecule has 1 aliphatic heterocycles. The molecule has 0 saturated carbocycles. The van der Waals surface area contributed by atoms with Gasteiger partial charge in [0.15, 0.2) is 0 Å². The number of nitriles is 1. The van der Waals surface area contributed by atoms with Gasteiger partial charge in [-0.15, -0.1) is 11.3 Å². The molecule has 0 N–H and O–H groups in total. The second-order valence-electron chi connectivity index (χ2n) is 10.6. The maximum Gasteiger partial charge on any atom is 0.262 e. The quantitative estimate of drug-likeness (QED) is 0.155. The van der Waals surface area contributed by atoms with E-state index in [9.17, 15) is 5.26 Å². The van der Waals surface area contributed by atoms with Crippen LogP contribution in [0, 0.1) is 17.9 Å². The number of nitrogens with zero attached hydrogens (tertiary/aromatic N) is 5. The van der Waals surface area contributed by atoms with Crippen LogP contribution in [-0.2, 0) is 5.41 Å². The van der Waals surface area contributed by atoms with Gasteiger partial charge < -0.3 is 4.90 Å². The first-order valence-electron chi connectivity index (χ1n) is 13.4. The normalized spacial score (nSPS) is 13.7. The number of fused-ring (bicyclic) bond motifs is 3. The van der Waals surface area contributed by atoms with Gasteiger partial charge in [-0.05, 0) is 70.8 Å². The number of thiophene rings is 1. The molecule has 0 aliphatic carbocycles. The number of benzene rings is 4. The van der Waals surface area contributed by atoms with Crippen LogP contribution >= 0.6 is 23.1 Å². The molecule has 4 aromatic carbocycles. The molecule has 42 heavy (non-hydrogen) atoms. The fraction of sp³-hybridized carbons (Fsp3) is 0.0857. The van der Waals surface area contributed by atoms with E-state index in [4.69, 9.17) is 6.57 Å². The van der Waals surface area contributed by atoms with Crippen molar-refractivity contribution in [3.05, 3.63) is 131 Å². The Balaban J connectivity index is 1.32. The fourth-order valence-corrected chi connectivity index (χ4v) is 7.40. The lowest BCUT2D eigenvalue weighted by Gasteiger charge is -2.42. The predicted octanol–water partition coefficient (Wildman–Crippen LogP) is 9.98. The van der Waals surface area contributed by atoms with Crippen molar-refractivity contribution in [1.82, 2.24) is 8.75 Å². The van der Waals surface area contributed by atoms with Gasteiger partial charge in [0.2, 0.25) is 0 Å². The highest BCUT2D eigenvalue weighted by Gasteiger charge is 2.37. The standard InChI is InChI=1S/C35H23N5S2/c1-35(2)27-11-7-8-12-29(27)40(25-9-5-4-6-10-25)30-16-14-22(20-28(30)35)31-17-18-32(41-31)26-15-13-23(19-24(21-36)37-3)33-34(26)39-42-38-33/h4-20H,1-2H3/b24-19-. The average molecular weight is 578 g/mol. The Hall–Kier alpha value is -5.08. The first kappa shape index (κ1) is 25.9. The summed E-state index contributed by atoms with van der Waals surface area (Å²) in [6, 6.07) is 36.2. The van der Waals surface area contributed by atoms with Gasteiger partial charge in [0.25, 0.3) is 5.70 Å². The van der Waals surface area contributed by atoms with Crippen LogP contribution in [0.4, 0.5) is 17.1 Å². The molecule has 7 heteroatoms. The van der Waals surface area contributed by atoms with Crippen LogP contribution in [0.25, 0.3) is 42.8 Å². The van der Waals surface area contributed by atoms with Gasteiger partial charge in [-0.3, -0.25) is 0 Å². The van der Waals surface area contributed by atoms with Gasteiger partial charge in [0, 0.05) is 26.4 Å². The molecule has 2 aromatic heterocycles. The number of hydrogen-bond acceptors (Lipinski definition) is 6. The van der Waals surface area contributed by atoms with E-state index in [-0.39, 0.29) is 11.1 Å². The van der Waals surface area contributed by atoms with Crippen LogP contribution in [0.15, 0.2) is 103 Å². The third-order valence-corrected chi connectivity index (χ3v) is 9.57. The average Bonchev–Trinajstić information content (AvgIpc) is 3.72. The van der Waals surface area contributed by atoms with Crippen LogP contribution in [0.2, 0.25) is 0 Å². The van der Waals surface area contributed by atoms with Crippen LogP contribution in [0.1, 0.15) is 30.5 Å². The zero-order chi connectivity index (χ0) is 28.8. The van der Waals surface area contributed by atoms with E-state index >= 15 is 0 Å². The summed E-state index contributed by atoms with van der Waals surface area (Å²) < 4.78 is 9.05. The highest BCUT2D eigenvalue weighted by molar-refractivity contribution is 7.19. The summed E-state index contributed by atoms with van der Waals surface area (Å²) in [7, 11) is 0. The Kier molecular flexibility index (Phi) is 6.21. The number of anilines is 3. The van der Waals surface area contributed by atoms with Gasteiger partial charge in [-0.25, -0.2) is 10.1 Å². The second kappa shape index (κ2) is 10.1. The molecule has 0 atom stereocenters. The number of para-hydroxylation sites is 2. The lowest BCUT2D eigenvalue weighted by molar-refractivity contribution is 0.632. The molecule has 200 valence electrons. The molecule has 1 aliphatic rings. The molecule has 0 amide bonds. The summed E-state index contributed by atoms with van der Waals surface area (Å²) in [6.45, 7) is 11.8. The zero-order valence-electron chi connectivity index (χ0n) is 22.9. The van der Waals surface area contributed by atoms with Crippen molar-refractivity contribution in [1.29, 1.82) is 5.26 Å². The van der Waals surface area contributed by atoms with E-state index < -0.39 is 0 Å². The first-order chi connectivity index (χ1) is 20.5. The molecule has 0 spiro atoms. The third kappa shape index (κ3) is 4.11. The minimum absolute atomic E-state index is 0.0271. The molecule has 0 fully saturated rings. The molecule has 3 heterocycles. The van der Waals surface area contributed by atoms with Crippen LogP contribution < -0.4 is 4.90 Å². The molecular weight excluding hydrogens is 555 g/mol. The van der Waals surface area contributed by atoms with Crippen LogP contribution in [0.5, 0.6) is 0 Å². The van der Waals surface area contributed by atoms with Crippen molar-refractivity contribution < 1.29 is 0 Å². The summed E-state index contributed by atoms with van der Waals surface area (Å²) in [5.74, 6) is 0. The van der Waals surface area contributed by atoms with Crippen molar-refractivity contribution in [2.24, 2.45) is 0 Å². The number of hydrogen-bond donors (Lipinski definition) is 0. The van der Waals surface area contributed by atoms with Crippen molar-refractivity contribution >= 4 is 57.2 Å². The Morgan fingerprint density at radius 1 is 0.857 bits per heavy atom. The SMILES string of the molecule is [C-]#[N+]/C(C#N)=C\c1ccc(-c2ccc(-c3ccc4c(c3)C(C)(C)c3ccccc3N4c3ccccc3)s2)c2nsnc12. The van der Waals surface area contributed by atoms with E-state index in [2.05, 4.69) is 117 Å². The molecule has 0 bridgehead atoms. The minimum atomic E-state index is -0.178. The summed E-state index contributed by atoms with van der Waals surface area (Å²) in [5.41, 5.74) is 10.4. The molecule has 6 aromatic rings. The van der Waals surface area contributed by atoms with E-state index in [0.717, 1.165) is 38.9 Å². The summed E-state index contributed by atoms with van der Waals surface area (Å²) in [4.78, 5) is 7.93. The Morgan fingerprint density at radius 3 is 2.40 bits per heavy atom. The Bertz CT molecular complexity index is 2090. The molecule has 0 unspecified atom stereocenters. The smallest absolute Gasteiger partial charge is 0.262 e. The topological polar surface area (TPSA) is 57.2 Å². The Morgan fingerprint density at radius 2 is 1.60 bits per heavy atom. The maximum absolute atomic E-state index is 9.21. The highest BCUT2D eigenvalue weighted by Crippen LogP contribution is 2.52. The van der Waals surface area contributed by atoms with Crippen molar-refractivity contribution in [3.8, 4) is 27.0 Å². The molecule has 0 radical (unpaired) electrons. The van der Waals surface area contributed by atoms with Gasteiger partial charge in [0.05, 0.1) is 35.7 Å². The lowest BCUT2D eigenvalue weighted by atomic mass is 9.73. The monoisotopic (exact) mass is 577 g/mol. The lowest BCUT2D eigenvalue weighted by Crippen LogP contribution is -2.30. The largest absolute Gasteiger partial charge is 0.310 e. The molecule has 0 saturated heterocycles. The molecule has 7 rings (SSSR count). The van der Waals surface area contributed by atoms with Crippen LogP contribution in [-0.4, -0.2) is 8.75 Å². The highest BCUT2D eigenvalue weighted by atomic mass is 32.1. The van der Waals surface area contributed by atoms with Crippen molar-refractivity contribution in [2.75, 3.05) is 4.90 Å². The van der Waals surface area contributed by atoms with E-state index in [1.165, 1.54) is 32.9 Å². The number of allylic oxidation sites excluding steroid dienone is 1. The summed E-state index contributed by atoms with van der Waals surface area (Å²) in [5, 5.41) is 9.21. The van der Waals surface area contributed by atoms with E-state index in [0.29, 0.717) is 5.52 Å². The second-order valence-corrected chi connectivity index (χ2v) is 12.2. The zero-order valence-corrected chi connectivity index (χ0v) is 24.5. The predicted molar refractivity (Wildman–Crippen MR) is 173 cm³/mol. The van der Waals surface area contributed by atoms with Gasteiger partial charge >= 0.3 is 0 Å². The van der Waals surface area contributed by atoms with E-state index in [1.807, 2.05) is 18.2 Å².